The summed E-state index contributed by atoms with van der Waals surface area (Å²) < 4.78 is 5.47. The predicted octanol–water partition coefficient (Wildman–Crippen LogP) is 2.33. The van der Waals surface area contributed by atoms with Gasteiger partial charge in [-0.15, -0.1) is 0 Å². The van der Waals surface area contributed by atoms with E-state index in [2.05, 4.69) is 19.8 Å². The molecule has 0 atom stereocenters. The Bertz CT molecular complexity index is 440. The van der Waals surface area contributed by atoms with Crippen molar-refractivity contribution in [1.29, 1.82) is 0 Å². The van der Waals surface area contributed by atoms with Gasteiger partial charge in [-0.1, -0.05) is 19.3 Å². The summed E-state index contributed by atoms with van der Waals surface area (Å²) in [5, 5.41) is 0. The second-order valence-electron chi connectivity index (χ2n) is 5.96. The Balaban J connectivity index is 1.56. The maximum atomic E-state index is 5.47. The molecule has 1 aromatic rings. The zero-order valence-corrected chi connectivity index (χ0v) is 13.0. The number of aromatic nitrogens is 2. The first-order chi connectivity index (χ1) is 10.4. The summed E-state index contributed by atoms with van der Waals surface area (Å²) >= 11 is 0. The first-order valence-electron chi connectivity index (χ1n) is 8.30. The number of nitrogens with zero attached hydrogens (tertiary/aromatic N) is 4. The molecule has 0 aromatic carbocycles. The molecule has 5 heteroatoms. The largest absolute Gasteiger partial charge is 0.478 e. The number of ether oxygens (including phenoxy) is 1. The molecule has 5 nitrogen and oxygen atoms in total. The highest BCUT2D eigenvalue weighted by Gasteiger charge is 2.25. The summed E-state index contributed by atoms with van der Waals surface area (Å²) in [6.45, 7) is 7.03. The highest BCUT2D eigenvalue weighted by atomic mass is 16.5. The molecule has 1 saturated carbocycles. The summed E-state index contributed by atoms with van der Waals surface area (Å²) in [7, 11) is 0. The summed E-state index contributed by atoms with van der Waals surface area (Å²) in [5.41, 5.74) is 0. The zero-order valence-electron chi connectivity index (χ0n) is 13.0. The smallest absolute Gasteiger partial charge is 0.218 e. The van der Waals surface area contributed by atoms with Gasteiger partial charge >= 0.3 is 0 Å². The Labute approximate surface area is 127 Å². The van der Waals surface area contributed by atoms with Crippen LogP contribution in [-0.4, -0.2) is 53.7 Å². The Morgan fingerprint density at radius 1 is 1.10 bits per heavy atom. The van der Waals surface area contributed by atoms with Crippen molar-refractivity contribution in [2.75, 3.05) is 37.7 Å². The van der Waals surface area contributed by atoms with E-state index in [0.29, 0.717) is 12.5 Å². The zero-order chi connectivity index (χ0) is 14.5. The first kappa shape index (κ1) is 14.6. The molecule has 1 aliphatic carbocycles. The molecular formula is C16H26N4O. The third-order valence-corrected chi connectivity index (χ3v) is 4.65. The van der Waals surface area contributed by atoms with Crippen LogP contribution in [0.15, 0.2) is 12.4 Å². The molecular weight excluding hydrogens is 264 g/mol. The molecule has 2 aliphatic rings. The van der Waals surface area contributed by atoms with Crippen LogP contribution in [0.1, 0.15) is 39.0 Å². The molecule has 2 heterocycles. The van der Waals surface area contributed by atoms with Crippen molar-refractivity contribution >= 4 is 5.82 Å². The molecule has 0 N–H and O–H groups in total. The van der Waals surface area contributed by atoms with Crippen molar-refractivity contribution in [2.24, 2.45) is 0 Å². The number of rotatable bonds is 4. The van der Waals surface area contributed by atoms with E-state index in [0.717, 1.165) is 38.0 Å². The van der Waals surface area contributed by atoms with Gasteiger partial charge in [0.2, 0.25) is 5.88 Å². The first-order valence-corrected chi connectivity index (χ1v) is 8.30. The molecule has 0 spiro atoms. The van der Waals surface area contributed by atoms with Gasteiger partial charge < -0.3 is 9.64 Å². The van der Waals surface area contributed by atoms with E-state index < -0.39 is 0 Å². The van der Waals surface area contributed by atoms with Crippen molar-refractivity contribution in [3.63, 3.8) is 0 Å². The number of hydrogen-bond acceptors (Lipinski definition) is 5. The molecule has 2 fully saturated rings. The van der Waals surface area contributed by atoms with E-state index in [9.17, 15) is 0 Å². The number of hydrogen-bond donors (Lipinski definition) is 0. The number of anilines is 1. The van der Waals surface area contributed by atoms with Crippen molar-refractivity contribution in [1.82, 2.24) is 14.9 Å². The molecule has 21 heavy (non-hydrogen) atoms. The Morgan fingerprint density at radius 3 is 2.57 bits per heavy atom. The second-order valence-corrected chi connectivity index (χ2v) is 5.96. The lowest BCUT2D eigenvalue weighted by atomic mass is 9.94. The fourth-order valence-electron chi connectivity index (χ4n) is 3.49. The minimum Gasteiger partial charge on any atom is -0.478 e. The average molecular weight is 290 g/mol. The maximum absolute atomic E-state index is 5.47. The molecule has 0 unspecified atom stereocenters. The lowest BCUT2D eigenvalue weighted by Crippen LogP contribution is -2.51. The fourth-order valence-corrected chi connectivity index (χ4v) is 3.49. The van der Waals surface area contributed by atoms with Crippen LogP contribution in [0.5, 0.6) is 5.88 Å². The van der Waals surface area contributed by atoms with E-state index in [-0.39, 0.29) is 0 Å². The van der Waals surface area contributed by atoms with Crippen molar-refractivity contribution < 1.29 is 4.74 Å². The quantitative estimate of drug-likeness (QED) is 0.851. The van der Waals surface area contributed by atoms with Crippen molar-refractivity contribution in [3.8, 4) is 5.88 Å². The summed E-state index contributed by atoms with van der Waals surface area (Å²) in [6, 6.07) is 2.78. The Kier molecular flexibility index (Phi) is 4.91. The summed E-state index contributed by atoms with van der Waals surface area (Å²) in [4.78, 5) is 13.6. The summed E-state index contributed by atoms with van der Waals surface area (Å²) in [6.07, 6.45) is 8.64. The van der Waals surface area contributed by atoms with Crippen LogP contribution >= 0.6 is 0 Å². The fraction of sp³-hybridized carbons (Fsp3) is 0.750. The van der Waals surface area contributed by atoms with Gasteiger partial charge in [0.25, 0.3) is 0 Å². The van der Waals surface area contributed by atoms with Gasteiger partial charge in [0.05, 0.1) is 6.61 Å². The number of piperazine rings is 1. The Morgan fingerprint density at radius 2 is 1.86 bits per heavy atom. The van der Waals surface area contributed by atoms with Crippen molar-refractivity contribution in [3.05, 3.63) is 12.4 Å². The van der Waals surface area contributed by atoms with Gasteiger partial charge in [-0.25, -0.2) is 9.97 Å². The molecule has 0 amide bonds. The van der Waals surface area contributed by atoms with Crippen LogP contribution in [0.3, 0.4) is 0 Å². The summed E-state index contributed by atoms with van der Waals surface area (Å²) in [5.74, 6) is 1.67. The van der Waals surface area contributed by atoms with Crippen LogP contribution in [0, 0.1) is 0 Å². The highest BCUT2D eigenvalue weighted by molar-refractivity contribution is 5.41. The van der Waals surface area contributed by atoms with E-state index in [1.54, 1.807) is 6.33 Å². The van der Waals surface area contributed by atoms with Gasteiger partial charge in [-0.3, -0.25) is 4.90 Å². The second kappa shape index (κ2) is 7.07. The lowest BCUT2D eigenvalue weighted by Gasteiger charge is -2.41. The van der Waals surface area contributed by atoms with Gasteiger partial charge in [-0.05, 0) is 19.8 Å². The maximum Gasteiger partial charge on any atom is 0.218 e. The third-order valence-electron chi connectivity index (χ3n) is 4.65. The monoisotopic (exact) mass is 290 g/mol. The van der Waals surface area contributed by atoms with Crippen LogP contribution < -0.4 is 9.64 Å². The van der Waals surface area contributed by atoms with E-state index in [1.807, 2.05) is 13.0 Å². The molecule has 0 bridgehead atoms. The average Bonchev–Trinajstić information content (AvgIpc) is 2.56. The highest BCUT2D eigenvalue weighted by Crippen LogP contribution is 2.25. The SMILES string of the molecule is CCOc1cc(N2CCN(C3CCCCC3)CC2)ncn1. The van der Waals surface area contributed by atoms with Crippen LogP contribution in [-0.2, 0) is 0 Å². The standard InChI is InChI=1S/C16H26N4O/c1-2-21-16-12-15(17-13-18-16)20-10-8-19(9-11-20)14-6-4-3-5-7-14/h12-14H,2-11H2,1H3. The van der Waals surface area contributed by atoms with Crippen molar-refractivity contribution in [2.45, 2.75) is 45.1 Å². The molecule has 1 aliphatic heterocycles. The van der Waals surface area contributed by atoms with Gasteiger partial charge in [-0.2, -0.15) is 0 Å². The molecule has 116 valence electrons. The minimum absolute atomic E-state index is 0.645. The van der Waals surface area contributed by atoms with E-state index >= 15 is 0 Å². The third kappa shape index (κ3) is 3.64. The van der Waals surface area contributed by atoms with Crippen LogP contribution in [0.4, 0.5) is 5.82 Å². The molecule has 3 rings (SSSR count). The van der Waals surface area contributed by atoms with E-state index in [4.69, 9.17) is 4.74 Å². The topological polar surface area (TPSA) is 41.5 Å². The van der Waals surface area contributed by atoms with Crippen LogP contribution in [0.25, 0.3) is 0 Å². The molecule has 1 saturated heterocycles. The molecule has 1 aromatic heterocycles. The van der Waals surface area contributed by atoms with Gasteiger partial charge in [0.15, 0.2) is 0 Å². The van der Waals surface area contributed by atoms with Gasteiger partial charge in [0, 0.05) is 38.3 Å². The van der Waals surface area contributed by atoms with Crippen LogP contribution in [0.2, 0.25) is 0 Å². The lowest BCUT2D eigenvalue weighted by molar-refractivity contribution is 0.147. The van der Waals surface area contributed by atoms with E-state index in [1.165, 1.54) is 32.1 Å². The predicted molar refractivity (Wildman–Crippen MR) is 83.9 cm³/mol. The normalized spacial score (nSPS) is 21.5. The minimum atomic E-state index is 0.645. The molecule has 0 radical (unpaired) electrons. The van der Waals surface area contributed by atoms with Gasteiger partial charge in [0.1, 0.15) is 12.1 Å². The Hall–Kier alpha value is -1.36.